The highest BCUT2D eigenvalue weighted by Crippen LogP contribution is 2.58. The predicted molar refractivity (Wildman–Crippen MR) is 111 cm³/mol. The van der Waals surface area contributed by atoms with Gasteiger partial charge in [0.2, 0.25) is 6.54 Å². The van der Waals surface area contributed by atoms with E-state index in [-0.39, 0.29) is 18.7 Å². The zero-order valence-electron chi connectivity index (χ0n) is 16.6. The van der Waals surface area contributed by atoms with Crippen LogP contribution in [0.15, 0.2) is 42.5 Å². The molecule has 0 amide bonds. The van der Waals surface area contributed by atoms with E-state index in [0.29, 0.717) is 29.7 Å². The van der Waals surface area contributed by atoms with Crippen molar-refractivity contribution in [1.82, 2.24) is 0 Å². The van der Waals surface area contributed by atoms with Gasteiger partial charge in [-0.25, -0.2) is 6.57 Å². The molecule has 1 fully saturated rings. The zero-order chi connectivity index (χ0) is 21.2. The van der Waals surface area contributed by atoms with E-state index in [0.717, 1.165) is 30.4 Å². The molecule has 0 N–H and O–H groups in total. The number of carbonyl (C=O) groups is 1. The molecule has 0 bridgehead atoms. The van der Waals surface area contributed by atoms with Crippen molar-refractivity contribution in [3.05, 3.63) is 65.0 Å². The molecule has 30 heavy (non-hydrogen) atoms. The fourth-order valence-electron chi connectivity index (χ4n) is 4.92. The number of nitrogens with zero attached hydrogens (tertiary/aromatic N) is 3. The van der Waals surface area contributed by atoms with E-state index in [1.54, 1.807) is 12.1 Å². The lowest BCUT2D eigenvalue weighted by molar-refractivity contribution is -0.112. The first-order valence-corrected chi connectivity index (χ1v) is 10.2. The van der Waals surface area contributed by atoms with Gasteiger partial charge in [-0.3, -0.25) is 4.79 Å². The van der Waals surface area contributed by atoms with E-state index < -0.39 is 11.0 Å². The first-order chi connectivity index (χ1) is 14.6. The number of fused-ring (bicyclic) bond motifs is 1. The summed E-state index contributed by atoms with van der Waals surface area (Å²) in [5.41, 5.74) is 1.43. The van der Waals surface area contributed by atoms with Crippen molar-refractivity contribution in [1.29, 1.82) is 10.5 Å². The molecule has 1 spiro atoms. The van der Waals surface area contributed by atoms with Crippen molar-refractivity contribution in [2.45, 2.75) is 44.1 Å². The van der Waals surface area contributed by atoms with Crippen LogP contribution >= 0.6 is 0 Å². The normalized spacial score (nSPS) is 20.8. The van der Waals surface area contributed by atoms with Crippen LogP contribution in [0.5, 0.6) is 5.75 Å². The second kappa shape index (κ2) is 7.66. The predicted octanol–water partition coefficient (Wildman–Crippen LogP) is 5.32. The van der Waals surface area contributed by atoms with Gasteiger partial charge in [-0.1, -0.05) is 18.2 Å². The number of ketones is 1. The number of carbonyl (C=O) groups excluding carboxylic acids is 1. The number of hydrogen-bond donors (Lipinski definition) is 0. The molecule has 5 heteroatoms. The Morgan fingerprint density at radius 2 is 1.90 bits per heavy atom. The van der Waals surface area contributed by atoms with Gasteiger partial charge < -0.3 is 9.58 Å². The van der Waals surface area contributed by atoms with E-state index in [9.17, 15) is 15.3 Å². The van der Waals surface area contributed by atoms with Gasteiger partial charge in [0.25, 0.3) is 0 Å². The molecule has 4 rings (SSSR count). The van der Waals surface area contributed by atoms with Crippen LogP contribution in [-0.4, -0.2) is 17.9 Å². The number of rotatable bonds is 5. The summed E-state index contributed by atoms with van der Waals surface area (Å²) in [5, 5.41) is 18.4. The first kappa shape index (κ1) is 19.7. The standard InChI is InChI=1S/C25H21N3O2/c1-28-14-12-24(9-4-13-26)23(29)21-8-7-20(19-6-2-5-18(15-19)17-27)16-22(21)30-25(24)10-3-11-25/h2,5-8,15-16H,3-4,9-12,14H2. The third-order valence-electron chi connectivity index (χ3n) is 6.64. The molecule has 1 aliphatic heterocycles. The van der Waals surface area contributed by atoms with Crippen LogP contribution in [-0.2, 0) is 0 Å². The van der Waals surface area contributed by atoms with Gasteiger partial charge in [-0.05, 0) is 61.1 Å². The second-order valence-corrected chi connectivity index (χ2v) is 8.05. The fraction of sp³-hybridized carbons (Fsp3) is 0.360. The van der Waals surface area contributed by atoms with Gasteiger partial charge in [0.05, 0.1) is 28.7 Å². The molecule has 5 nitrogen and oxygen atoms in total. The Bertz CT molecular complexity index is 1110. The molecule has 148 valence electrons. The van der Waals surface area contributed by atoms with E-state index in [1.165, 1.54) is 0 Å². The highest BCUT2D eigenvalue weighted by Gasteiger charge is 2.63. The average molecular weight is 395 g/mol. The van der Waals surface area contributed by atoms with Gasteiger partial charge in [0.15, 0.2) is 5.78 Å². The maximum Gasteiger partial charge on any atom is 0.215 e. The maximum absolute atomic E-state index is 13.8. The molecule has 1 unspecified atom stereocenters. The van der Waals surface area contributed by atoms with Crippen LogP contribution in [0.3, 0.4) is 0 Å². The first-order valence-electron chi connectivity index (χ1n) is 10.2. The molecule has 0 radical (unpaired) electrons. The summed E-state index contributed by atoms with van der Waals surface area (Å²) in [7, 11) is 0. The van der Waals surface area contributed by atoms with Crippen LogP contribution in [0.25, 0.3) is 16.0 Å². The minimum atomic E-state index is -0.819. The fourth-order valence-corrected chi connectivity index (χ4v) is 4.92. The maximum atomic E-state index is 13.8. The number of nitriles is 2. The SMILES string of the molecule is [C-]#[N+]CCC1(CCC#N)C(=O)c2ccc(-c3cccc(C#N)c3)cc2OC12CCC2. The minimum absolute atomic E-state index is 0.000300. The lowest BCUT2D eigenvalue weighted by Crippen LogP contribution is -2.63. The Hall–Kier alpha value is -3.62. The summed E-state index contributed by atoms with van der Waals surface area (Å²) < 4.78 is 6.56. The Morgan fingerprint density at radius 3 is 2.57 bits per heavy atom. The largest absolute Gasteiger partial charge is 0.485 e. The van der Waals surface area contributed by atoms with Gasteiger partial charge >= 0.3 is 0 Å². The smallest absolute Gasteiger partial charge is 0.215 e. The molecule has 0 saturated heterocycles. The quantitative estimate of drug-likeness (QED) is 0.642. The monoisotopic (exact) mass is 395 g/mol. The summed E-state index contributed by atoms with van der Waals surface area (Å²) in [6.07, 6.45) is 3.60. The van der Waals surface area contributed by atoms with Crippen molar-refractivity contribution < 1.29 is 9.53 Å². The van der Waals surface area contributed by atoms with Crippen LogP contribution in [0.4, 0.5) is 0 Å². The van der Waals surface area contributed by atoms with Crippen molar-refractivity contribution >= 4 is 5.78 Å². The van der Waals surface area contributed by atoms with Gasteiger partial charge in [-0.2, -0.15) is 10.5 Å². The summed E-state index contributed by atoms with van der Waals surface area (Å²) >= 11 is 0. The molecule has 2 aromatic rings. The second-order valence-electron chi connectivity index (χ2n) is 8.05. The average Bonchev–Trinajstić information content (AvgIpc) is 2.76. The minimum Gasteiger partial charge on any atom is -0.485 e. The summed E-state index contributed by atoms with van der Waals surface area (Å²) in [6, 6.07) is 17.2. The number of hydrogen-bond acceptors (Lipinski definition) is 4. The van der Waals surface area contributed by atoms with Crippen molar-refractivity contribution in [3.63, 3.8) is 0 Å². The third kappa shape index (κ3) is 2.94. The molecule has 1 aliphatic carbocycles. The molecular weight excluding hydrogens is 374 g/mol. The highest BCUT2D eigenvalue weighted by molar-refractivity contribution is 6.05. The van der Waals surface area contributed by atoms with E-state index >= 15 is 0 Å². The van der Waals surface area contributed by atoms with Crippen molar-refractivity contribution in [3.8, 4) is 29.0 Å². The highest BCUT2D eigenvalue weighted by atomic mass is 16.5. The topological polar surface area (TPSA) is 78.2 Å². The lowest BCUT2D eigenvalue weighted by Gasteiger charge is -2.56. The molecule has 2 aliphatic rings. The van der Waals surface area contributed by atoms with Crippen molar-refractivity contribution in [2.75, 3.05) is 6.54 Å². The Morgan fingerprint density at radius 1 is 1.10 bits per heavy atom. The number of benzene rings is 2. The Labute approximate surface area is 176 Å². The van der Waals surface area contributed by atoms with Gasteiger partial charge in [0, 0.05) is 12.8 Å². The Balaban J connectivity index is 1.80. The van der Waals surface area contributed by atoms with E-state index in [2.05, 4.69) is 17.0 Å². The Kier molecular flexibility index (Phi) is 5.03. The molecule has 1 atom stereocenters. The molecule has 1 heterocycles. The van der Waals surface area contributed by atoms with Crippen LogP contribution in [0.2, 0.25) is 0 Å². The number of ether oxygens (including phenoxy) is 1. The van der Waals surface area contributed by atoms with E-state index in [4.69, 9.17) is 11.3 Å². The van der Waals surface area contributed by atoms with Gasteiger partial charge in [-0.15, -0.1) is 0 Å². The van der Waals surface area contributed by atoms with E-state index in [1.807, 2.05) is 30.3 Å². The summed E-state index contributed by atoms with van der Waals surface area (Å²) in [6.45, 7) is 7.49. The molecular formula is C25H21N3O2. The van der Waals surface area contributed by atoms with Crippen LogP contribution in [0, 0.1) is 34.6 Å². The number of Topliss-reactive ketones (excluding diaryl/α,β-unsaturated/α-hetero) is 1. The van der Waals surface area contributed by atoms with Crippen molar-refractivity contribution in [2.24, 2.45) is 5.41 Å². The van der Waals surface area contributed by atoms with Crippen LogP contribution < -0.4 is 4.74 Å². The third-order valence-corrected chi connectivity index (χ3v) is 6.64. The zero-order valence-corrected chi connectivity index (χ0v) is 16.6. The summed E-state index contributed by atoms with van der Waals surface area (Å²) in [4.78, 5) is 17.3. The molecule has 0 aromatic heterocycles. The summed E-state index contributed by atoms with van der Waals surface area (Å²) in [5.74, 6) is 0.564. The van der Waals surface area contributed by atoms with Gasteiger partial charge in [0.1, 0.15) is 11.4 Å². The molecule has 2 aromatic carbocycles. The van der Waals surface area contributed by atoms with Crippen LogP contribution in [0.1, 0.15) is 54.4 Å². The lowest BCUT2D eigenvalue weighted by atomic mass is 9.54. The molecule has 1 saturated carbocycles.